The van der Waals surface area contributed by atoms with Gasteiger partial charge in [0.05, 0.1) is 34.1 Å². The van der Waals surface area contributed by atoms with E-state index in [2.05, 4.69) is 16.5 Å². The van der Waals surface area contributed by atoms with Crippen molar-refractivity contribution >= 4 is 17.6 Å². The summed E-state index contributed by atoms with van der Waals surface area (Å²) in [6.07, 6.45) is 0. The molecule has 160 valence electrons. The van der Waals surface area contributed by atoms with Gasteiger partial charge in [-0.15, -0.1) is 0 Å². The molecule has 1 aliphatic rings. The summed E-state index contributed by atoms with van der Waals surface area (Å²) in [6, 6.07) is 16.0. The summed E-state index contributed by atoms with van der Waals surface area (Å²) >= 11 is 0. The number of nitriles is 1. The molecule has 0 aliphatic carbocycles. The fourth-order valence-corrected chi connectivity index (χ4v) is 3.75. The predicted octanol–water partition coefficient (Wildman–Crippen LogP) is 2.93. The molecule has 0 radical (unpaired) electrons. The van der Waals surface area contributed by atoms with Crippen molar-refractivity contribution in [2.45, 2.75) is 25.9 Å². The number of benzene rings is 2. The Morgan fingerprint density at radius 1 is 1.16 bits per heavy atom. The van der Waals surface area contributed by atoms with Crippen molar-refractivity contribution in [3.8, 4) is 11.8 Å². The lowest BCUT2D eigenvalue weighted by molar-refractivity contribution is -0.384. The van der Waals surface area contributed by atoms with Crippen molar-refractivity contribution in [3.63, 3.8) is 0 Å². The first-order valence-electron chi connectivity index (χ1n) is 9.69. The zero-order valence-corrected chi connectivity index (χ0v) is 17.3. The summed E-state index contributed by atoms with van der Waals surface area (Å²) in [6.45, 7) is 3.07. The molecule has 1 atom stereocenters. The Labute approximate surface area is 182 Å². The fourth-order valence-electron chi connectivity index (χ4n) is 3.75. The van der Waals surface area contributed by atoms with Crippen LogP contribution in [0.5, 0.6) is 0 Å². The molecule has 2 heterocycles. The van der Waals surface area contributed by atoms with Gasteiger partial charge < -0.3 is 5.32 Å². The second kappa shape index (κ2) is 7.63. The third kappa shape index (κ3) is 3.26. The summed E-state index contributed by atoms with van der Waals surface area (Å²) in [4.78, 5) is 37.5. The van der Waals surface area contributed by atoms with Gasteiger partial charge in [-0.25, -0.2) is 9.48 Å². The van der Waals surface area contributed by atoms with E-state index >= 15 is 0 Å². The minimum atomic E-state index is -1.40. The summed E-state index contributed by atoms with van der Waals surface area (Å²) in [5, 5.41) is 27.7. The lowest BCUT2D eigenvalue weighted by Gasteiger charge is -2.22. The number of urea groups is 1. The van der Waals surface area contributed by atoms with Crippen LogP contribution in [0.2, 0.25) is 0 Å². The zero-order chi connectivity index (χ0) is 23.0. The van der Waals surface area contributed by atoms with Crippen molar-refractivity contribution in [3.05, 3.63) is 87.2 Å². The standard InChI is InChI=1S/C22H18N6O4/c1-14-18(12-23)19(27(25-14)16-6-4-3-5-7-16)13-26-20(29)22(2,24-21(26)30)15-8-10-17(11-9-15)28(31)32/h3-11H,13H2,1-2H3,(H,24,30). The van der Waals surface area contributed by atoms with E-state index in [1.165, 1.54) is 24.3 Å². The van der Waals surface area contributed by atoms with E-state index in [1.807, 2.05) is 30.3 Å². The van der Waals surface area contributed by atoms with E-state index in [4.69, 9.17) is 0 Å². The molecule has 10 nitrogen and oxygen atoms in total. The molecule has 0 saturated carbocycles. The summed E-state index contributed by atoms with van der Waals surface area (Å²) < 4.78 is 1.55. The smallest absolute Gasteiger partial charge is 0.319 e. The Morgan fingerprint density at radius 3 is 2.41 bits per heavy atom. The Kier molecular flexibility index (Phi) is 4.94. The number of aromatic nitrogens is 2. The molecule has 1 unspecified atom stereocenters. The van der Waals surface area contributed by atoms with Crippen LogP contribution in [-0.2, 0) is 16.9 Å². The SMILES string of the molecule is Cc1nn(-c2ccccc2)c(CN2C(=O)NC(C)(c3ccc([N+](=O)[O-])cc3)C2=O)c1C#N. The lowest BCUT2D eigenvalue weighted by Crippen LogP contribution is -2.40. The van der Waals surface area contributed by atoms with Gasteiger partial charge in [-0.1, -0.05) is 18.2 Å². The van der Waals surface area contributed by atoms with Gasteiger partial charge in [-0.2, -0.15) is 10.4 Å². The first-order chi connectivity index (χ1) is 15.3. The number of amides is 3. The number of para-hydroxylation sites is 1. The van der Waals surface area contributed by atoms with Crippen molar-refractivity contribution in [1.29, 1.82) is 5.26 Å². The van der Waals surface area contributed by atoms with Crippen molar-refractivity contribution < 1.29 is 14.5 Å². The Balaban J connectivity index is 1.71. The number of rotatable bonds is 5. The first-order valence-corrected chi connectivity index (χ1v) is 9.69. The molecular formula is C22H18N6O4. The molecule has 4 rings (SSSR count). The largest absolute Gasteiger partial charge is 0.325 e. The highest BCUT2D eigenvalue weighted by molar-refractivity contribution is 6.07. The molecule has 1 aliphatic heterocycles. The number of carbonyl (C=O) groups is 2. The topological polar surface area (TPSA) is 134 Å². The average Bonchev–Trinajstić information content (AvgIpc) is 3.22. The molecule has 2 aromatic carbocycles. The number of aryl methyl sites for hydroxylation is 1. The van der Waals surface area contributed by atoms with Crippen LogP contribution in [0.25, 0.3) is 5.69 Å². The molecule has 3 amide bonds. The number of nitro groups is 1. The second-order valence-corrected chi connectivity index (χ2v) is 7.52. The molecule has 1 N–H and O–H groups in total. The van der Waals surface area contributed by atoms with E-state index in [0.717, 1.165) is 4.90 Å². The molecule has 1 aromatic heterocycles. The Morgan fingerprint density at radius 2 is 1.81 bits per heavy atom. The highest BCUT2D eigenvalue weighted by atomic mass is 16.6. The third-order valence-corrected chi connectivity index (χ3v) is 5.51. The van der Waals surface area contributed by atoms with Crippen LogP contribution in [0, 0.1) is 28.4 Å². The van der Waals surface area contributed by atoms with Crippen LogP contribution in [-0.4, -0.2) is 31.5 Å². The molecule has 0 spiro atoms. The summed E-state index contributed by atoms with van der Waals surface area (Å²) in [5.74, 6) is -0.529. The van der Waals surface area contributed by atoms with Gasteiger partial charge >= 0.3 is 6.03 Å². The summed E-state index contributed by atoms with van der Waals surface area (Å²) in [7, 11) is 0. The Hall–Kier alpha value is -4.52. The quantitative estimate of drug-likeness (QED) is 0.376. The van der Waals surface area contributed by atoms with Crippen molar-refractivity contribution in [1.82, 2.24) is 20.0 Å². The Bertz CT molecular complexity index is 1280. The number of imide groups is 1. The van der Waals surface area contributed by atoms with Gasteiger partial charge in [0.2, 0.25) is 0 Å². The van der Waals surface area contributed by atoms with Gasteiger partial charge in [0.1, 0.15) is 11.6 Å². The highest BCUT2D eigenvalue weighted by Gasteiger charge is 2.49. The van der Waals surface area contributed by atoms with Crippen LogP contribution < -0.4 is 5.32 Å². The van der Waals surface area contributed by atoms with E-state index in [9.17, 15) is 25.0 Å². The molecule has 1 fully saturated rings. The molecule has 3 aromatic rings. The zero-order valence-electron chi connectivity index (χ0n) is 17.3. The van der Waals surface area contributed by atoms with Crippen LogP contribution in [0.4, 0.5) is 10.5 Å². The van der Waals surface area contributed by atoms with Crippen molar-refractivity contribution in [2.75, 3.05) is 0 Å². The number of hydrogen-bond donors (Lipinski definition) is 1. The maximum atomic E-state index is 13.3. The first kappa shape index (κ1) is 20.7. The number of nitrogens with one attached hydrogen (secondary N) is 1. The maximum absolute atomic E-state index is 13.3. The second-order valence-electron chi connectivity index (χ2n) is 7.52. The highest BCUT2D eigenvalue weighted by Crippen LogP contribution is 2.32. The third-order valence-electron chi connectivity index (χ3n) is 5.51. The van der Waals surface area contributed by atoms with E-state index in [0.29, 0.717) is 28.2 Å². The number of non-ortho nitro benzene ring substituents is 1. The molecule has 0 bridgehead atoms. The van der Waals surface area contributed by atoms with Crippen LogP contribution in [0.15, 0.2) is 54.6 Å². The monoisotopic (exact) mass is 430 g/mol. The number of nitro benzene ring substituents is 1. The maximum Gasteiger partial charge on any atom is 0.325 e. The van der Waals surface area contributed by atoms with E-state index in [1.54, 1.807) is 18.5 Å². The number of carbonyl (C=O) groups excluding carboxylic acids is 2. The van der Waals surface area contributed by atoms with Crippen LogP contribution in [0.1, 0.15) is 29.4 Å². The summed E-state index contributed by atoms with van der Waals surface area (Å²) in [5.41, 5.74) is 0.773. The van der Waals surface area contributed by atoms with E-state index in [-0.39, 0.29) is 12.2 Å². The molecule has 1 saturated heterocycles. The minimum Gasteiger partial charge on any atom is -0.319 e. The molecule has 10 heteroatoms. The number of nitrogens with zero attached hydrogens (tertiary/aromatic N) is 5. The van der Waals surface area contributed by atoms with E-state index < -0.39 is 22.4 Å². The van der Waals surface area contributed by atoms with Gasteiger partial charge in [0.25, 0.3) is 11.6 Å². The average molecular weight is 430 g/mol. The minimum absolute atomic E-state index is 0.119. The normalized spacial score (nSPS) is 17.8. The van der Waals surface area contributed by atoms with Gasteiger partial charge in [-0.3, -0.25) is 19.8 Å². The van der Waals surface area contributed by atoms with Crippen LogP contribution in [0.3, 0.4) is 0 Å². The fraction of sp³-hybridized carbons (Fsp3) is 0.182. The van der Waals surface area contributed by atoms with Crippen molar-refractivity contribution in [2.24, 2.45) is 0 Å². The molecule has 32 heavy (non-hydrogen) atoms. The molecular weight excluding hydrogens is 412 g/mol. The van der Waals surface area contributed by atoms with Gasteiger partial charge in [-0.05, 0) is 43.7 Å². The van der Waals surface area contributed by atoms with Gasteiger partial charge in [0.15, 0.2) is 0 Å². The number of hydrogen-bond acceptors (Lipinski definition) is 6. The van der Waals surface area contributed by atoms with Crippen LogP contribution >= 0.6 is 0 Å². The van der Waals surface area contributed by atoms with Gasteiger partial charge in [0, 0.05) is 12.1 Å². The predicted molar refractivity (Wildman–Crippen MR) is 113 cm³/mol. The lowest BCUT2D eigenvalue weighted by atomic mass is 9.92.